The van der Waals surface area contributed by atoms with E-state index in [-0.39, 0.29) is 31.2 Å². The zero-order valence-corrected chi connectivity index (χ0v) is 18.1. The van der Waals surface area contributed by atoms with E-state index in [4.69, 9.17) is 4.74 Å². The van der Waals surface area contributed by atoms with Crippen LogP contribution >= 0.6 is 0 Å². The molecule has 2 N–H and O–H groups in total. The first kappa shape index (κ1) is 21.4. The van der Waals surface area contributed by atoms with Gasteiger partial charge in [-0.15, -0.1) is 0 Å². The van der Waals surface area contributed by atoms with Gasteiger partial charge in [0.2, 0.25) is 5.91 Å². The van der Waals surface area contributed by atoms with Crippen molar-refractivity contribution in [1.29, 1.82) is 0 Å². The first-order chi connectivity index (χ1) is 15.5. The summed E-state index contributed by atoms with van der Waals surface area (Å²) in [4.78, 5) is 38.7. The second kappa shape index (κ2) is 9.13. The molecule has 4 amide bonds. The zero-order valence-electron chi connectivity index (χ0n) is 18.1. The Morgan fingerprint density at radius 3 is 2.66 bits per heavy atom. The molecule has 8 heteroatoms. The molecule has 1 fully saturated rings. The number of amides is 4. The van der Waals surface area contributed by atoms with Crippen molar-refractivity contribution in [3.05, 3.63) is 60.3 Å². The summed E-state index contributed by atoms with van der Waals surface area (Å²) in [5, 5.41) is 6.57. The average Bonchev–Trinajstić information content (AvgIpc) is 3.31. The Balaban J connectivity index is 1.30. The third-order valence-electron chi connectivity index (χ3n) is 5.75. The Labute approximate surface area is 186 Å². The van der Waals surface area contributed by atoms with E-state index in [2.05, 4.69) is 10.6 Å². The fraction of sp³-hybridized carbons (Fsp3) is 0.292. The van der Waals surface area contributed by atoms with E-state index in [1.807, 2.05) is 66.3 Å². The molecule has 0 saturated carbocycles. The molecule has 1 saturated heterocycles. The molecule has 0 unspecified atom stereocenters. The standard InChI is InChI=1S/C24H26N4O4/c1-27-14-13-18-19(4-3-5-21(18)27)25-22(29)11-10-20-23(30)28(24(31)26-20)15-12-16-6-8-17(32-2)9-7-16/h3-9,13-14,20H,10-12,15H2,1-2H3,(H,25,29)(H,26,31)/t20-/m0/s1. The number of fused-ring (bicyclic) bond motifs is 1. The third kappa shape index (κ3) is 4.44. The Morgan fingerprint density at radius 2 is 1.91 bits per heavy atom. The summed E-state index contributed by atoms with van der Waals surface area (Å²) in [6, 6.07) is 14.1. The molecule has 1 aliphatic heterocycles. The number of ether oxygens (including phenoxy) is 1. The highest BCUT2D eigenvalue weighted by Gasteiger charge is 2.37. The molecule has 1 atom stereocenters. The number of aromatic nitrogens is 1. The summed E-state index contributed by atoms with van der Waals surface area (Å²) in [6.07, 6.45) is 2.87. The number of rotatable bonds is 8. The number of anilines is 1. The van der Waals surface area contributed by atoms with Crippen LogP contribution in [0.4, 0.5) is 10.5 Å². The van der Waals surface area contributed by atoms with Crippen LogP contribution in [0.2, 0.25) is 0 Å². The van der Waals surface area contributed by atoms with Gasteiger partial charge in [-0.05, 0) is 48.7 Å². The number of imide groups is 1. The first-order valence-corrected chi connectivity index (χ1v) is 10.5. The van der Waals surface area contributed by atoms with Gasteiger partial charge in [0.1, 0.15) is 11.8 Å². The van der Waals surface area contributed by atoms with Gasteiger partial charge in [-0.2, -0.15) is 0 Å². The van der Waals surface area contributed by atoms with Crippen molar-refractivity contribution in [2.24, 2.45) is 7.05 Å². The molecule has 8 nitrogen and oxygen atoms in total. The van der Waals surface area contributed by atoms with Gasteiger partial charge in [-0.25, -0.2) is 4.79 Å². The maximum atomic E-state index is 12.7. The molecule has 0 spiro atoms. The summed E-state index contributed by atoms with van der Waals surface area (Å²) in [6.45, 7) is 0.287. The normalized spacial score (nSPS) is 15.8. The van der Waals surface area contributed by atoms with E-state index in [1.54, 1.807) is 7.11 Å². The minimum Gasteiger partial charge on any atom is -0.497 e. The number of hydrogen-bond acceptors (Lipinski definition) is 4. The van der Waals surface area contributed by atoms with Crippen LogP contribution in [0.1, 0.15) is 18.4 Å². The van der Waals surface area contributed by atoms with E-state index in [0.29, 0.717) is 6.42 Å². The molecule has 0 bridgehead atoms. The minimum atomic E-state index is -0.684. The number of methoxy groups -OCH3 is 1. The second-order valence-corrected chi connectivity index (χ2v) is 7.84. The predicted octanol–water partition coefficient (Wildman–Crippen LogP) is 3.07. The van der Waals surface area contributed by atoms with Gasteiger partial charge >= 0.3 is 6.03 Å². The Kier molecular flexibility index (Phi) is 6.11. The third-order valence-corrected chi connectivity index (χ3v) is 5.75. The molecular weight excluding hydrogens is 408 g/mol. The van der Waals surface area contributed by atoms with E-state index in [1.165, 1.54) is 4.90 Å². The molecule has 0 radical (unpaired) electrons. The largest absolute Gasteiger partial charge is 0.497 e. The van der Waals surface area contributed by atoms with Gasteiger partial charge < -0.3 is 19.9 Å². The van der Waals surface area contributed by atoms with Crippen molar-refractivity contribution in [3.63, 3.8) is 0 Å². The maximum Gasteiger partial charge on any atom is 0.324 e. The van der Waals surface area contributed by atoms with Crippen LogP contribution in [-0.4, -0.2) is 47.0 Å². The molecule has 3 aromatic rings. The van der Waals surface area contributed by atoms with E-state index in [0.717, 1.165) is 27.9 Å². The summed E-state index contributed by atoms with van der Waals surface area (Å²) in [5.74, 6) is 0.271. The lowest BCUT2D eigenvalue weighted by atomic mass is 10.1. The number of benzene rings is 2. The monoisotopic (exact) mass is 434 g/mol. The van der Waals surface area contributed by atoms with Crippen LogP contribution in [0, 0.1) is 0 Å². The zero-order chi connectivity index (χ0) is 22.7. The Bertz CT molecular complexity index is 1150. The fourth-order valence-electron chi connectivity index (χ4n) is 3.92. The van der Waals surface area contributed by atoms with Crippen molar-refractivity contribution >= 4 is 34.4 Å². The van der Waals surface area contributed by atoms with Gasteiger partial charge in [-0.1, -0.05) is 18.2 Å². The fourth-order valence-corrected chi connectivity index (χ4v) is 3.92. The van der Waals surface area contributed by atoms with Gasteiger partial charge in [0, 0.05) is 37.1 Å². The molecule has 1 aliphatic rings. The summed E-state index contributed by atoms with van der Waals surface area (Å²) >= 11 is 0. The summed E-state index contributed by atoms with van der Waals surface area (Å²) in [5.41, 5.74) is 2.76. The highest BCUT2D eigenvalue weighted by atomic mass is 16.5. The van der Waals surface area contributed by atoms with Crippen molar-refractivity contribution in [3.8, 4) is 5.75 Å². The van der Waals surface area contributed by atoms with Crippen LogP contribution in [0.3, 0.4) is 0 Å². The Hall–Kier alpha value is -3.81. The van der Waals surface area contributed by atoms with E-state index >= 15 is 0 Å². The van der Waals surface area contributed by atoms with Gasteiger partial charge in [0.05, 0.1) is 12.8 Å². The number of nitrogens with one attached hydrogen (secondary N) is 2. The van der Waals surface area contributed by atoms with Crippen molar-refractivity contribution < 1.29 is 19.1 Å². The van der Waals surface area contributed by atoms with E-state index in [9.17, 15) is 14.4 Å². The summed E-state index contributed by atoms with van der Waals surface area (Å²) in [7, 11) is 3.55. The van der Waals surface area contributed by atoms with Crippen LogP contribution in [-0.2, 0) is 23.1 Å². The van der Waals surface area contributed by atoms with Crippen molar-refractivity contribution in [1.82, 2.24) is 14.8 Å². The number of hydrogen-bond donors (Lipinski definition) is 2. The lowest BCUT2D eigenvalue weighted by Crippen LogP contribution is -2.33. The van der Waals surface area contributed by atoms with Gasteiger partial charge in [-0.3, -0.25) is 14.5 Å². The summed E-state index contributed by atoms with van der Waals surface area (Å²) < 4.78 is 7.12. The highest BCUT2D eigenvalue weighted by molar-refractivity contribution is 6.05. The van der Waals surface area contributed by atoms with Gasteiger partial charge in [0.15, 0.2) is 0 Å². The second-order valence-electron chi connectivity index (χ2n) is 7.84. The van der Waals surface area contributed by atoms with E-state index < -0.39 is 12.1 Å². The minimum absolute atomic E-state index is 0.131. The SMILES string of the molecule is COc1ccc(CCN2C(=O)N[C@@H](CCC(=O)Nc3cccc4c3ccn4C)C2=O)cc1. The van der Waals surface area contributed by atoms with Crippen LogP contribution in [0.15, 0.2) is 54.7 Å². The maximum absolute atomic E-state index is 12.7. The molecule has 2 heterocycles. The van der Waals surface area contributed by atoms with Crippen molar-refractivity contribution in [2.45, 2.75) is 25.3 Å². The van der Waals surface area contributed by atoms with Crippen LogP contribution in [0.5, 0.6) is 5.75 Å². The molecule has 2 aromatic carbocycles. The topological polar surface area (TPSA) is 92.7 Å². The van der Waals surface area contributed by atoms with Crippen molar-refractivity contribution in [2.75, 3.05) is 19.0 Å². The number of carbonyl (C=O) groups excluding carboxylic acids is 3. The first-order valence-electron chi connectivity index (χ1n) is 10.5. The van der Waals surface area contributed by atoms with Gasteiger partial charge in [0.25, 0.3) is 5.91 Å². The number of urea groups is 1. The number of aryl methyl sites for hydroxylation is 1. The predicted molar refractivity (Wildman–Crippen MR) is 122 cm³/mol. The molecular formula is C24H26N4O4. The molecule has 1 aromatic heterocycles. The lowest BCUT2D eigenvalue weighted by molar-refractivity contribution is -0.127. The Morgan fingerprint density at radius 1 is 1.12 bits per heavy atom. The highest BCUT2D eigenvalue weighted by Crippen LogP contribution is 2.24. The van der Waals surface area contributed by atoms with Crippen LogP contribution in [0.25, 0.3) is 10.9 Å². The average molecular weight is 434 g/mol. The molecule has 32 heavy (non-hydrogen) atoms. The molecule has 166 valence electrons. The number of nitrogens with zero attached hydrogens (tertiary/aromatic N) is 2. The quantitative estimate of drug-likeness (QED) is 0.533. The van der Waals surface area contributed by atoms with Crippen LogP contribution < -0.4 is 15.4 Å². The molecule has 0 aliphatic carbocycles. The number of carbonyl (C=O) groups is 3. The lowest BCUT2D eigenvalue weighted by Gasteiger charge is -2.13. The molecule has 4 rings (SSSR count). The smallest absolute Gasteiger partial charge is 0.324 e.